The lowest BCUT2D eigenvalue weighted by molar-refractivity contribution is 0.295. The zero-order valence-electron chi connectivity index (χ0n) is 11.7. The van der Waals surface area contributed by atoms with Crippen molar-refractivity contribution < 1.29 is 0 Å². The second kappa shape index (κ2) is 4.83. The van der Waals surface area contributed by atoms with Crippen LogP contribution in [0.15, 0.2) is 36.4 Å². The molecule has 0 radical (unpaired) electrons. The summed E-state index contributed by atoms with van der Waals surface area (Å²) >= 11 is 0. The van der Waals surface area contributed by atoms with E-state index in [0.29, 0.717) is 6.04 Å². The molecule has 0 amide bonds. The maximum absolute atomic E-state index is 6.21. The number of nitrogens with zero attached hydrogens (tertiary/aromatic N) is 2. The predicted molar refractivity (Wildman–Crippen MR) is 81.2 cm³/mol. The number of nitrogens with two attached hydrogens (primary N) is 1. The summed E-state index contributed by atoms with van der Waals surface area (Å²) in [5.74, 6) is 1.54. The van der Waals surface area contributed by atoms with E-state index in [1.54, 1.807) is 0 Å². The van der Waals surface area contributed by atoms with E-state index in [0.717, 1.165) is 30.4 Å². The fraction of sp³-hybridized carbons (Fsp3) is 0.471. The molecule has 2 N–H and O–H groups in total. The molecular formula is C17H21N3. The number of para-hydroxylation sites is 1. The van der Waals surface area contributed by atoms with Crippen molar-refractivity contribution >= 4 is 10.9 Å². The van der Waals surface area contributed by atoms with Crippen LogP contribution in [0.5, 0.6) is 0 Å². The Kier molecular flexibility index (Phi) is 2.97. The molecule has 1 aromatic heterocycles. The minimum atomic E-state index is 0.426. The first-order valence-electron chi connectivity index (χ1n) is 7.62. The molecule has 3 nitrogen and oxygen atoms in total. The van der Waals surface area contributed by atoms with Gasteiger partial charge in [0.2, 0.25) is 0 Å². The second-order valence-corrected chi connectivity index (χ2v) is 6.35. The van der Waals surface area contributed by atoms with E-state index in [4.69, 9.17) is 10.7 Å². The highest BCUT2D eigenvalue weighted by Crippen LogP contribution is 2.37. The molecule has 3 heteroatoms. The van der Waals surface area contributed by atoms with Gasteiger partial charge in [-0.3, -0.25) is 9.88 Å². The molecule has 0 bridgehead atoms. The topological polar surface area (TPSA) is 42.1 Å². The van der Waals surface area contributed by atoms with Gasteiger partial charge in [-0.1, -0.05) is 24.3 Å². The number of fused-ring (bicyclic) bond motifs is 2. The third-order valence-electron chi connectivity index (χ3n) is 5.03. The second-order valence-electron chi connectivity index (χ2n) is 6.35. The van der Waals surface area contributed by atoms with E-state index in [1.807, 2.05) is 0 Å². The predicted octanol–water partition coefficient (Wildman–Crippen LogP) is 2.40. The van der Waals surface area contributed by atoms with Crippen molar-refractivity contribution in [3.8, 4) is 0 Å². The molecule has 1 saturated heterocycles. The van der Waals surface area contributed by atoms with Crippen LogP contribution in [0.1, 0.15) is 18.5 Å². The molecule has 2 fully saturated rings. The molecule has 4 rings (SSSR count). The van der Waals surface area contributed by atoms with E-state index in [2.05, 4.69) is 41.3 Å². The first-order chi connectivity index (χ1) is 9.79. The van der Waals surface area contributed by atoms with Crippen molar-refractivity contribution in [2.75, 3.05) is 13.1 Å². The summed E-state index contributed by atoms with van der Waals surface area (Å²) in [6, 6.07) is 13.1. The molecular weight excluding hydrogens is 246 g/mol. The number of likely N-dealkylation sites (tertiary alicyclic amines) is 1. The molecule has 1 aromatic carbocycles. The van der Waals surface area contributed by atoms with Gasteiger partial charge in [0.05, 0.1) is 11.2 Å². The Morgan fingerprint density at radius 3 is 2.90 bits per heavy atom. The monoisotopic (exact) mass is 267 g/mol. The third-order valence-corrected chi connectivity index (χ3v) is 5.03. The number of rotatable bonds is 2. The Hall–Kier alpha value is -1.45. The molecule has 2 aliphatic rings. The van der Waals surface area contributed by atoms with Gasteiger partial charge in [-0.15, -0.1) is 0 Å². The smallest absolute Gasteiger partial charge is 0.0705 e. The Bertz CT molecular complexity index is 624. The van der Waals surface area contributed by atoms with E-state index in [-0.39, 0.29) is 0 Å². The summed E-state index contributed by atoms with van der Waals surface area (Å²) in [6.07, 6.45) is 2.53. The van der Waals surface area contributed by atoms with Gasteiger partial charge in [0.15, 0.2) is 0 Å². The molecule has 1 aliphatic carbocycles. The van der Waals surface area contributed by atoms with Gasteiger partial charge in [-0.25, -0.2) is 0 Å². The van der Waals surface area contributed by atoms with E-state index >= 15 is 0 Å². The van der Waals surface area contributed by atoms with Gasteiger partial charge in [0, 0.05) is 31.1 Å². The maximum atomic E-state index is 6.21. The number of benzene rings is 1. The maximum Gasteiger partial charge on any atom is 0.0705 e. The Balaban J connectivity index is 1.51. The van der Waals surface area contributed by atoms with Crippen molar-refractivity contribution in [2.45, 2.75) is 25.4 Å². The van der Waals surface area contributed by atoms with Gasteiger partial charge in [-0.2, -0.15) is 0 Å². The van der Waals surface area contributed by atoms with Crippen LogP contribution < -0.4 is 5.73 Å². The van der Waals surface area contributed by atoms with Crippen molar-refractivity contribution in [1.82, 2.24) is 9.88 Å². The van der Waals surface area contributed by atoms with Crippen LogP contribution >= 0.6 is 0 Å². The largest absolute Gasteiger partial charge is 0.327 e. The number of aromatic nitrogens is 1. The summed E-state index contributed by atoms with van der Waals surface area (Å²) in [5, 5.41) is 1.22. The normalized spacial score (nSPS) is 29.9. The molecule has 3 unspecified atom stereocenters. The SMILES string of the molecule is NC1CCC2CN(Cc3ccc4ccccc4n3)CC12. The Morgan fingerprint density at radius 1 is 1.10 bits per heavy atom. The van der Waals surface area contributed by atoms with E-state index in [1.165, 1.54) is 30.5 Å². The molecule has 104 valence electrons. The Labute approximate surface area is 119 Å². The fourth-order valence-electron chi connectivity index (χ4n) is 3.95. The summed E-state index contributed by atoms with van der Waals surface area (Å²) in [5.41, 5.74) is 8.48. The average Bonchev–Trinajstić information content (AvgIpc) is 3.01. The summed E-state index contributed by atoms with van der Waals surface area (Å²) in [7, 11) is 0. The Morgan fingerprint density at radius 2 is 2.00 bits per heavy atom. The highest BCUT2D eigenvalue weighted by Gasteiger charge is 2.40. The molecule has 0 spiro atoms. The van der Waals surface area contributed by atoms with Gasteiger partial charge in [-0.05, 0) is 36.8 Å². The number of hydrogen-bond donors (Lipinski definition) is 1. The first kappa shape index (κ1) is 12.3. The van der Waals surface area contributed by atoms with Crippen molar-refractivity contribution in [1.29, 1.82) is 0 Å². The standard InChI is InChI=1S/C17H21N3/c18-16-8-6-13-9-20(11-15(13)16)10-14-7-5-12-3-1-2-4-17(12)19-14/h1-5,7,13,15-16H,6,8-11,18H2. The minimum absolute atomic E-state index is 0.426. The molecule has 2 aromatic rings. The van der Waals surface area contributed by atoms with Crippen LogP contribution in [0.4, 0.5) is 0 Å². The fourth-order valence-corrected chi connectivity index (χ4v) is 3.95. The molecule has 20 heavy (non-hydrogen) atoms. The number of hydrogen-bond acceptors (Lipinski definition) is 3. The lowest BCUT2D eigenvalue weighted by Crippen LogP contribution is -2.30. The van der Waals surface area contributed by atoms with Crippen LogP contribution in [-0.4, -0.2) is 29.0 Å². The van der Waals surface area contributed by atoms with Crippen LogP contribution in [0.25, 0.3) is 10.9 Å². The lowest BCUT2D eigenvalue weighted by atomic mass is 9.98. The van der Waals surface area contributed by atoms with Crippen molar-refractivity contribution in [2.24, 2.45) is 17.6 Å². The molecule has 3 atom stereocenters. The lowest BCUT2D eigenvalue weighted by Gasteiger charge is -2.18. The highest BCUT2D eigenvalue weighted by atomic mass is 15.2. The van der Waals surface area contributed by atoms with Crippen molar-refractivity contribution in [3.63, 3.8) is 0 Å². The third kappa shape index (κ3) is 2.11. The quantitative estimate of drug-likeness (QED) is 0.908. The van der Waals surface area contributed by atoms with Crippen LogP contribution in [0.2, 0.25) is 0 Å². The zero-order valence-corrected chi connectivity index (χ0v) is 11.7. The summed E-state index contributed by atoms with van der Waals surface area (Å²) in [6.45, 7) is 3.32. The van der Waals surface area contributed by atoms with Crippen molar-refractivity contribution in [3.05, 3.63) is 42.1 Å². The van der Waals surface area contributed by atoms with Crippen LogP contribution in [-0.2, 0) is 6.54 Å². The van der Waals surface area contributed by atoms with Gasteiger partial charge >= 0.3 is 0 Å². The van der Waals surface area contributed by atoms with E-state index in [9.17, 15) is 0 Å². The molecule has 1 aliphatic heterocycles. The average molecular weight is 267 g/mol. The van der Waals surface area contributed by atoms with Crippen LogP contribution in [0.3, 0.4) is 0 Å². The molecule has 2 heterocycles. The molecule has 1 saturated carbocycles. The zero-order chi connectivity index (χ0) is 13.5. The summed E-state index contributed by atoms with van der Waals surface area (Å²) < 4.78 is 0. The van der Waals surface area contributed by atoms with Gasteiger partial charge in [0.25, 0.3) is 0 Å². The van der Waals surface area contributed by atoms with E-state index < -0.39 is 0 Å². The minimum Gasteiger partial charge on any atom is -0.327 e. The van der Waals surface area contributed by atoms with Crippen LogP contribution in [0, 0.1) is 11.8 Å². The van der Waals surface area contributed by atoms with Gasteiger partial charge < -0.3 is 5.73 Å². The van der Waals surface area contributed by atoms with Gasteiger partial charge in [0.1, 0.15) is 0 Å². The first-order valence-corrected chi connectivity index (χ1v) is 7.62. The summed E-state index contributed by atoms with van der Waals surface area (Å²) in [4.78, 5) is 7.31. The number of pyridine rings is 1. The highest BCUT2D eigenvalue weighted by molar-refractivity contribution is 5.78.